The van der Waals surface area contributed by atoms with Crippen LogP contribution in [0.2, 0.25) is 0 Å². The smallest absolute Gasteiger partial charge is 0.320 e. The summed E-state index contributed by atoms with van der Waals surface area (Å²) in [6, 6.07) is 4.20. The van der Waals surface area contributed by atoms with Gasteiger partial charge in [0.25, 0.3) is 6.29 Å². The van der Waals surface area contributed by atoms with Gasteiger partial charge in [0.05, 0.1) is 20.3 Å². The van der Waals surface area contributed by atoms with Crippen LogP contribution in [0.25, 0.3) is 0 Å². The van der Waals surface area contributed by atoms with E-state index in [1.165, 1.54) is 25.3 Å². The number of hydrogen-bond acceptors (Lipinski definition) is 15. The number of aliphatic hydroxyl groups excluding tert-OH is 7. The fraction of sp³-hybridized carbons (Fsp3) is 0.667. The van der Waals surface area contributed by atoms with Crippen molar-refractivity contribution in [3.8, 4) is 11.5 Å². The molecule has 16 heteroatoms. The maximum Gasteiger partial charge on any atom is 0.320 e. The second-order valence-corrected chi connectivity index (χ2v) is 8.57. The minimum Gasteiger partial charge on any atom is -0.497 e. The van der Waals surface area contributed by atoms with Gasteiger partial charge in [0, 0.05) is 6.07 Å². The van der Waals surface area contributed by atoms with E-state index in [1.54, 1.807) is 0 Å². The predicted octanol–water partition coefficient (Wildman–Crippen LogP) is -4.22. The molecule has 0 spiro atoms. The summed E-state index contributed by atoms with van der Waals surface area (Å²) >= 11 is 0. The summed E-state index contributed by atoms with van der Waals surface area (Å²) in [4.78, 5) is 12.6. The average Bonchev–Trinajstić information content (AvgIpc) is 2.90. The Bertz CT molecular complexity index is 949. The van der Waals surface area contributed by atoms with Crippen molar-refractivity contribution < 1.29 is 74.2 Å². The third kappa shape index (κ3) is 5.24. The summed E-state index contributed by atoms with van der Waals surface area (Å²) in [5, 5.41) is 81.2. The van der Waals surface area contributed by atoms with Crippen LogP contribution in [0, 0.1) is 0 Å². The first-order chi connectivity index (χ1) is 17.6. The van der Waals surface area contributed by atoms with Crippen LogP contribution in [0.15, 0.2) is 18.2 Å². The van der Waals surface area contributed by atoms with Crippen LogP contribution in [0.5, 0.6) is 11.5 Å². The van der Waals surface area contributed by atoms with Crippen LogP contribution >= 0.6 is 0 Å². The monoisotopic (exact) mass is 535 g/mol. The first-order valence-corrected chi connectivity index (χ1v) is 11.2. The molecule has 1 aromatic carbocycles. The fourth-order valence-corrected chi connectivity index (χ4v) is 4.14. The van der Waals surface area contributed by atoms with Crippen LogP contribution in [0.1, 0.15) is 0 Å². The lowest BCUT2D eigenvalue weighted by molar-refractivity contribution is -0.367. The predicted molar refractivity (Wildman–Crippen MR) is 114 cm³/mol. The summed E-state index contributed by atoms with van der Waals surface area (Å²) in [5.41, 5.74) is -0.0109. The third-order valence-electron chi connectivity index (χ3n) is 6.26. The molecule has 2 saturated heterocycles. The molecule has 3 aliphatic rings. The number of ether oxygens (including phenoxy) is 6. The minimum atomic E-state index is -1.90. The molecule has 4 rings (SSSR count). The highest BCUT2D eigenvalue weighted by Crippen LogP contribution is 2.37. The van der Waals surface area contributed by atoms with Gasteiger partial charge >= 0.3 is 5.91 Å². The zero-order valence-corrected chi connectivity index (χ0v) is 19.4. The van der Waals surface area contributed by atoms with E-state index in [9.17, 15) is 45.7 Å². The van der Waals surface area contributed by atoms with Gasteiger partial charge in [-0.25, -0.2) is 0 Å². The van der Waals surface area contributed by atoms with Crippen molar-refractivity contribution in [2.24, 2.45) is 0 Å². The van der Waals surface area contributed by atoms with Crippen molar-refractivity contribution in [2.75, 3.05) is 25.4 Å². The molecule has 0 saturated carbocycles. The van der Waals surface area contributed by atoms with Crippen molar-refractivity contribution in [3.05, 3.63) is 18.2 Å². The van der Waals surface area contributed by atoms with E-state index in [4.69, 9.17) is 28.4 Å². The highest BCUT2D eigenvalue weighted by atomic mass is 16.8. The van der Waals surface area contributed by atoms with E-state index in [2.05, 4.69) is 0 Å². The molecule has 1 aromatic rings. The number of anilines is 1. The molecule has 16 nitrogen and oxygen atoms in total. The summed E-state index contributed by atoms with van der Waals surface area (Å²) < 4.78 is 32.1. The Hall–Kier alpha value is -2.19. The van der Waals surface area contributed by atoms with Crippen molar-refractivity contribution in [1.29, 1.82) is 0 Å². The van der Waals surface area contributed by atoms with Crippen molar-refractivity contribution in [3.63, 3.8) is 0 Å². The summed E-state index contributed by atoms with van der Waals surface area (Å²) in [5.74, 6) is -0.762. The van der Waals surface area contributed by atoms with Crippen LogP contribution in [0.4, 0.5) is 5.69 Å². The summed E-state index contributed by atoms with van der Waals surface area (Å²) in [6.07, 6.45) is -18.8. The number of benzene rings is 1. The molecule has 2 fully saturated rings. The number of carbonyl (C=O) groups is 1. The Morgan fingerprint density at radius 2 is 1.49 bits per heavy atom. The van der Waals surface area contributed by atoms with Crippen LogP contribution < -0.4 is 14.5 Å². The normalized spacial score (nSPS) is 40.2. The summed E-state index contributed by atoms with van der Waals surface area (Å²) in [7, 11) is 1.39. The molecule has 8 N–H and O–H groups in total. The molecule has 5 unspecified atom stereocenters. The molecule has 0 bridgehead atoms. The number of hydrogen-bond donors (Lipinski definition) is 8. The lowest BCUT2D eigenvalue weighted by atomic mass is 9.97. The Kier molecular flexibility index (Phi) is 8.48. The maximum atomic E-state index is 12.6. The minimum absolute atomic E-state index is 0.00962. The second-order valence-electron chi connectivity index (χ2n) is 8.57. The zero-order chi connectivity index (χ0) is 27.0. The van der Waals surface area contributed by atoms with Gasteiger partial charge in [-0.2, -0.15) is 5.06 Å². The van der Waals surface area contributed by atoms with E-state index in [1.807, 2.05) is 0 Å². The van der Waals surface area contributed by atoms with E-state index in [0.29, 0.717) is 5.75 Å². The fourth-order valence-electron chi connectivity index (χ4n) is 4.14. The molecule has 1 amide bonds. The van der Waals surface area contributed by atoms with Gasteiger partial charge in [-0.05, 0) is 12.1 Å². The van der Waals surface area contributed by atoms with E-state index >= 15 is 0 Å². The Morgan fingerprint density at radius 3 is 2.11 bits per heavy atom. The Balaban J connectivity index is 1.53. The summed E-state index contributed by atoms with van der Waals surface area (Å²) in [6.45, 7) is -1.55. The van der Waals surface area contributed by atoms with Gasteiger partial charge < -0.3 is 64.2 Å². The van der Waals surface area contributed by atoms with E-state index in [-0.39, 0.29) is 16.5 Å². The number of methoxy groups -OCH3 is 1. The first-order valence-electron chi connectivity index (χ1n) is 11.2. The lowest BCUT2D eigenvalue weighted by Gasteiger charge is -2.46. The Labute approximate surface area is 209 Å². The van der Waals surface area contributed by atoms with E-state index < -0.39 is 86.8 Å². The zero-order valence-electron chi connectivity index (χ0n) is 19.4. The molecule has 11 atom stereocenters. The van der Waals surface area contributed by atoms with Gasteiger partial charge in [-0.1, -0.05) is 0 Å². The molecule has 37 heavy (non-hydrogen) atoms. The van der Waals surface area contributed by atoms with E-state index in [0.717, 1.165) is 0 Å². The molecule has 3 heterocycles. The van der Waals surface area contributed by atoms with Gasteiger partial charge in [-0.15, -0.1) is 0 Å². The van der Waals surface area contributed by atoms with Crippen LogP contribution in [-0.2, 0) is 23.7 Å². The quantitative estimate of drug-likeness (QED) is 0.154. The number of amides is 1. The SMILES string of the molecule is COc1ccc2c(c1)O[C@H](O[C@@H]1O[C@H](CO)[C@@H](O)[C@H](OC3OC(CO)C(O)C(O)C3O)[C@H]1O)C(=O)N2O. The maximum absolute atomic E-state index is 12.6. The molecule has 0 aromatic heterocycles. The number of carbonyl (C=O) groups excluding carboxylic acids is 1. The number of fused-ring (bicyclic) bond motifs is 1. The second kappa shape index (κ2) is 11.3. The number of rotatable bonds is 7. The van der Waals surface area contributed by atoms with Gasteiger partial charge in [0.1, 0.15) is 60.3 Å². The van der Waals surface area contributed by atoms with Crippen LogP contribution in [-0.4, -0.2) is 135 Å². The molecular weight excluding hydrogens is 506 g/mol. The standard InChI is InChI=1S/C21H29NO15/c1-32-7-2-3-8-9(4-7)33-21(18(30)22(8)31)37-20-16(29)17(13(26)11(6-24)35-20)36-19-15(28)14(27)12(25)10(5-23)34-19/h2-4,10-17,19-21,23-29,31H,5-6H2,1H3/t10?,11-,12?,13-,14?,15?,16-,17+,19?,20+,21-/m1/s1. The topological polar surface area (TPSA) is 238 Å². The molecule has 0 radical (unpaired) electrons. The van der Waals surface area contributed by atoms with Crippen molar-refractivity contribution in [2.45, 2.75) is 67.7 Å². The van der Waals surface area contributed by atoms with Crippen LogP contribution in [0.3, 0.4) is 0 Å². The van der Waals surface area contributed by atoms with Gasteiger partial charge in [0.15, 0.2) is 18.3 Å². The Morgan fingerprint density at radius 1 is 0.865 bits per heavy atom. The van der Waals surface area contributed by atoms with Crippen molar-refractivity contribution in [1.82, 2.24) is 0 Å². The van der Waals surface area contributed by atoms with Gasteiger partial charge in [0.2, 0.25) is 0 Å². The average molecular weight is 535 g/mol. The highest BCUT2D eigenvalue weighted by Gasteiger charge is 2.52. The number of aliphatic hydroxyl groups is 7. The number of hydroxylamine groups is 1. The number of nitrogens with zero attached hydrogens (tertiary/aromatic N) is 1. The largest absolute Gasteiger partial charge is 0.497 e. The first kappa shape index (κ1) is 27.8. The molecule has 208 valence electrons. The third-order valence-corrected chi connectivity index (χ3v) is 6.26. The lowest BCUT2D eigenvalue weighted by Crippen LogP contribution is -2.65. The molecular formula is C21H29NO15. The molecule has 3 aliphatic heterocycles. The van der Waals surface area contributed by atoms with Crippen molar-refractivity contribution >= 4 is 11.6 Å². The van der Waals surface area contributed by atoms with Gasteiger partial charge in [-0.3, -0.25) is 10.0 Å². The molecule has 0 aliphatic carbocycles. The highest BCUT2D eigenvalue weighted by molar-refractivity contribution is 5.97.